The number of aromatic nitrogens is 2. The number of fused-ring (bicyclic) bond motifs is 1. The normalized spacial score (nSPS) is 10.7. The number of hydrogen-bond donors (Lipinski definition) is 4. The van der Waals surface area contributed by atoms with E-state index < -0.39 is 5.97 Å². The van der Waals surface area contributed by atoms with Gasteiger partial charge in [-0.15, -0.1) is 0 Å². The summed E-state index contributed by atoms with van der Waals surface area (Å²) in [6, 6.07) is 22.2. The number of H-pyrrole nitrogens is 1. The Balaban J connectivity index is 1.28. The van der Waals surface area contributed by atoms with Crippen LogP contribution in [0.25, 0.3) is 11.0 Å². The standard InChI is InChI=1S/C27H27N5O4/c1-32(26(36)21-7-3-2-6-19(21)12-15-25(34)35)17-24(33)28-16-18-10-13-20(14-11-18)29-27-30-22-8-4-5-9-23(22)31-27/h2-11,13-14H,12,15-17H2,1H3,(H,28,33)(H,34,35)(H2,29,30,31). The Labute approximate surface area is 208 Å². The molecule has 0 aliphatic rings. The Kier molecular flexibility index (Phi) is 7.60. The van der Waals surface area contributed by atoms with Crippen molar-refractivity contribution < 1.29 is 19.5 Å². The molecule has 0 unspecified atom stereocenters. The first-order valence-electron chi connectivity index (χ1n) is 11.5. The van der Waals surface area contributed by atoms with E-state index in [0.717, 1.165) is 22.3 Å². The van der Waals surface area contributed by atoms with Gasteiger partial charge in [0.05, 0.1) is 17.6 Å². The molecule has 1 heterocycles. The summed E-state index contributed by atoms with van der Waals surface area (Å²) in [5.41, 5.74) is 4.65. The number of anilines is 2. The highest BCUT2D eigenvalue weighted by Gasteiger charge is 2.18. The van der Waals surface area contributed by atoms with Crippen LogP contribution in [-0.2, 0) is 22.6 Å². The van der Waals surface area contributed by atoms with E-state index in [1.165, 1.54) is 4.90 Å². The largest absolute Gasteiger partial charge is 0.481 e. The van der Waals surface area contributed by atoms with Gasteiger partial charge in [-0.3, -0.25) is 14.4 Å². The number of aromatic amines is 1. The highest BCUT2D eigenvalue weighted by molar-refractivity contribution is 5.97. The molecule has 0 bridgehead atoms. The summed E-state index contributed by atoms with van der Waals surface area (Å²) in [5, 5.41) is 15.0. The number of hydrogen-bond acceptors (Lipinski definition) is 5. The van der Waals surface area contributed by atoms with Gasteiger partial charge in [-0.25, -0.2) is 4.98 Å². The lowest BCUT2D eigenvalue weighted by Crippen LogP contribution is -2.38. The van der Waals surface area contributed by atoms with Gasteiger partial charge in [0.25, 0.3) is 5.91 Å². The Hall–Kier alpha value is -4.66. The third-order valence-corrected chi connectivity index (χ3v) is 5.68. The molecule has 0 radical (unpaired) electrons. The summed E-state index contributed by atoms with van der Waals surface area (Å²) in [6.45, 7) is 0.207. The molecular weight excluding hydrogens is 458 g/mol. The maximum atomic E-state index is 12.8. The van der Waals surface area contributed by atoms with Gasteiger partial charge in [-0.1, -0.05) is 42.5 Å². The molecule has 3 aromatic carbocycles. The summed E-state index contributed by atoms with van der Waals surface area (Å²) >= 11 is 0. The van der Waals surface area contributed by atoms with E-state index in [1.807, 2.05) is 48.5 Å². The Morgan fingerprint density at radius 1 is 0.972 bits per heavy atom. The minimum Gasteiger partial charge on any atom is -0.481 e. The van der Waals surface area contributed by atoms with Crippen LogP contribution in [0.2, 0.25) is 0 Å². The number of carbonyl (C=O) groups is 3. The molecule has 9 nitrogen and oxygen atoms in total. The summed E-state index contributed by atoms with van der Waals surface area (Å²) in [6.07, 6.45) is 0.180. The van der Waals surface area contributed by atoms with Crippen molar-refractivity contribution in [3.05, 3.63) is 89.5 Å². The van der Waals surface area contributed by atoms with E-state index >= 15 is 0 Å². The molecule has 0 aliphatic heterocycles. The van der Waals surface area contributed by atoms with Crippen LogP contribution in [0.3, 0.4) is 0 Å². The summed E-state index contributed by atoms with van der Waals surface area (Å²) in [4.78, 5) is 45.2. The lowest BCUT2D eigenvalue weighted by molar-refractivity contribution is -0.137. The van der Waals surface area contributed by atoms with Crippen LogP contribution in [0.15, 0.2) is 72.8 Å². The quantitative estimate of drug-likeness (QED) is 0.271. The maximum absolute atomic E-state index is 12.8. The summed E-state index contributed by atoms with van der Waals surface area (Å²) < 4.78 is 0. The molecule has 4 rings (SSSR count). The molecule has 0 atom stereocenters. The molecule has 0 spiro atoms. The van der Waals surface area contributed by atoms with Crippen LogP contribution in [0.4, 0.5) is 11.6 Å². The number of nitrogens with one attached hydrogen (secondary N) is 3. The number of nitrogens with zero attached hydrogens (tertiary/aromatic N) is 2. The molecule has 4 aromatic rings. The zero-order valence-corrected chi connectivity index (χ0v) is 19.8. The Morgan fingerprint density at radius 3 is 2.44 bits per heavy atom. The monoisotopic (exact) mass is 485 g/mol. The predicted octanol–water partition coefficient (Wildman–Crippen LogP) is 3.71. The van der Waals surface area contributed by atoms with Crippen molar-refractivity contribution in [1.29, 1.82) is 0 Å². The highest BCUT2D eigenvalue weighted by Crippen LogP contribution is 2.18. The fourth-order valence-electron chi connectivity index (χ4n) is 3.79. The van der Waals surface area contributed by atoms with Crippen molar-refractivity contribution in [3.8, 4) is 0 Å². The topological polar surface area (TPSA) is 127 Å². The van der Waals surface area contributed by atoms with Crippen molar-refractivity contribution >= 4 is 40.5 Å². The zero-order valence-electron chi connectivity index (χ0n) is 19.8. The van der Waals surface area contributed by atoms with Crippen LogP contribution in [-0.4, -0.2) is 51.4 Å². The number of benzene rings is 3. The number of carboxylic acid groups (broad SMARTS) is 1. The van der Waals surface area contributed by atoms with Gasteiger partial charge in [-0.05, 0) is 47.9 Å². The number of imidazole rings is 1. The van der Waals surface area contributed by atoms with Gasteiger partial charge in [0.15, 0.2) is 0 Å². The fraction of sp³-hybridized carbons (Fsp3) is 0.185. The summed E-state index contributed by atoms with van der Waals surface area (Å²) in [5.74, 6) is -0.900. The molecule has 0 saturated carbocycles. The second kappa shape index (κ2) is 11.2. The van der Waals surface area contributed by atoms with Crippen molar-refractivity contribution in [2.45, 2.75) is 19.4 Å². The first-order valence-corrected chi connectivity index (χ1v) is 11.5. The van der Waals surface area contributed by atoms with E-state index in [4.69, 9.17) is 5.11 Å². The van der Waals surface area contributed by atoms with Crippen molar-refractivity contribution in [1.82, 2.24) is 20.2 Å². The van der Waals surface area contributed by atoms with Crippen molar-refractivity contribution in [2.75, 3.05) is 18.9 Å². The van der Waals surface area contributed by atoms with E-state index in [1.54, 1.807) is 31.3 Å². The maximum Gasteiger partial charge on any atom is 0.303 e. The average Bonchev–Trinajstić information content (AvgIpc) is 3.29. The fourth-order valence-corrected chi connectivity index (χ4v) is 3.79. The molecular formula is C27H27N5O4. The highest BCUT2D eigenvalue weighted by atomic mass is 16.4. The second-order valence-electron chi connectivity index (χ2n) is 8.41. The molecule has 0 saturated heterocycles. The lowest BCUT2D eigenvalue weighted by Gasteiger charge is -2.18. The van der Waals surface area contributed by atoms with Crippen LogP contribution >= 0.6 is 0 Å². The molecule has 1 aromatic heterocycles. The number of para-hydroxylation sites is 2. The van der Waals surface area contributed by atoms with E-state index in [0.29, 0.717) is 23.6 Å². The van der Waals surface area contributed by atoms with Crippen LogP contribution in [0, 0.1) is 0 Å². The number of amides is 2. The van der Waals surface area contributed by atoms with Crippen LogP contribution in [0.1, 0.15) is 27.9 Å². The number of rotatable bonds is 10. The smallest absolute Gasteiger partial charge is 0.303 e. The Morgan fingerprint density at radius 2 is 1.69 bits per heavy atom. The number of aliphatic carboxylic acids is 1. The van der Waals surface area contributed by atoms with Gasteiger partial charge in [-0.2, -0.15) is 0 Å². The number of carboxylic acids is 1. The minimum atomic E-state index is -0.927. The number of aryl methyl sites for hydroxylation is 1. The first kappa shape index (κ1) is 24.5. The number of carbonyl (C=O) groups excluding carboxylic acids is 2. The van der Waals surface area contributed by atoms with Crippen LogP contribution < -0.4 is 10.6 Å². The molecule has 0 aliphatic carbocycles. The van der Waals surface area contributed by atoms with Gasteiger partial charge in [0.2, 0.25) is 11.9 Å². The second-order valence-corrected chi connectivity index (χ2v) is 8.41. The van der Waals surface area contributed by atoms with Crippen molar-refractivity contribution in [2.24, 2.45) is 0 Å². The van der Waals surface area contributed by atoms with E-state index in [9.17, 15) is 14.4 Å². The molecule has 184 valence electrons. The van der Waals surface area contributed by atoms with Gasteiger partial charge in [0, 0.05) is 31.3 Å². The third-order valence-electron chi connectivity index (χ3n) is 5.68. The average molecular weight is 486 g/mol. The summed E-state index contributed by atoms with van der Waals surface area (Å²) in [7, 11) is 1.55. The van der Waals surface area contributed by atoms with E-state index in [-0.39, 0.29) is 31.2 Å². The third kappa shape index (κ3) is 6.26. The predicted molar refractivity (Wildman–Crippen MR) is 137 cm³/mol. The lowest BCUT2D eigenvalue weighted by atomic mass is 10.0. The first-order chi connectivity index (χ1) is 17.4. The molecule has 2 amide bonds. The molecule has 9 heteroatoms. The molecule has 4 N–H and O–H groups in total. The molecule has 36 heavy (non-hydrogen) atoms. The molecule has 0 fully saturated rings. The van der Waals surface area contributed by atoms with Crippen LogP contribution in [0.5, 0.6) is 0 Å². The minimum absolute atomic E-state index is 0.0684. The SMILES string of the molecule is CN(CC(=O)NCc1ccc(Nc2nc3ccccc3[nH]2)cc1)C(=O)c1ccccc1CCC(=O)O. The number of likely N-dealkylation sites (N-methyl/N-ethyl adjacent to an activating group) is 1. The van der Waals surface area contributed by atoms with Gasteiger partial charge >= 0.3 is 5.97 Å². The van der Waals surface area contributed by atoms with E-state index in [2.05, 4.69) is 20.6 Å². The van der Waals surface area contributed by atoms with Crippen molar-refractivity contribution in [3.63, 3.8) is 0 Å². The zero-order chi connectivity index (χ0) is 25.5. The van der Waals surface area contributed by atoms with Gasteiger partial charge in [0.1, 0.15) is 0 Å². The Bertz CT molecular complexity index is 1350. The van der Waals surface area contributed by atoms with Gasteiger partial charge < -0.3 is 25.6 Å².